The minimum absolute atomic E-state index is 0.426. The molecule has 1 atom stereocenters. The fourth-order valence-electron chi connectivity index (χ4n) is 1.49. The molecule has 0 radical (unpaired) electrons. The van der Waals surface area contributed by atoms with Gasteiger partial charge in [-0.3, -0.25) is 4.79 Å². The minimum Gasteiger partial charge on any atom is -0.468 e. The van der Waals surface area contributed by atoms with Crippen molar-refractivity contribution in [2.24, 2.45) is 5.73 Å². The number of carbonyl (C=O) groups excluding carboxylic acids is 1. The predicted octanol–water partition coefficient (Wildman–Crippen LogP) is 2.12. The topological polar surface area (TPSA) is 52.3 Å². The third-order valence-corrected chi connectivity index (χ3v) is 3.04. The maximum Gasteiger partial charge on any atom is 0.323 e. The zero-order valence-electron chi connectivity index (χ0n) is 9.66. The average Bonchev–Trinajstić information content (AvgIpc) is 2.27. The third kappa shape index (κ3) is 2.54. The Balaban J connectivity index is 3.05. The van der Waals surface area contributed by atoms with Crippen LogP contribution in [0.1, 0.15) is 19.4 Å². The van der Waals surface area contributed by atoms with E-state index in [0.717, 1.165) is 5.56 Å². The predicted molar refractivity (Wildman–Crippen MR) is 64.5 cm³/mol. The van der Waals surface area contributed by atoms with E-state index in [1.165, 1.54) is 7.11 Å². The van der Waals surface area contributed by atoms with Crippen molar-refractivity contribution in [3.05, 3.63) is 34.9 Å². The number of ether oxygens (including phenoxy) is 1. The van der Waals surface area contributed by atoms with E-state index < -0.39 is 17.4 Å². The molecule has 0 bridgehead atoms. The van der Waals surface area contributed by atoms with Crippen LogP contribution in [-0.2, 0) is 14.9 Å². The van der Waals surface area contributed by atoms with Crippen LogP contribution in [0, 0.1) is 0 Å². The number of nitrogens with two attached hydrogens (primary N) is 1. The third-order valence-electron chi connectivity index (χ3n) is 2.80. The van der Waals surface area contributed by atoms with Crippen LogP contribution >= 0.6 is 11.6 Å². The lowest BCUT2D eigenvalue weighted by Crippen LogP contribution is -2.47. The molecule has 0 aliphatic carbocycles. The molecule has 2 N–H and O–H groups in total. The van der Waals surface area contributed by atoms with Crippen LogP contribution in [0.4, 0.5) is 0 Å². The van der Waals surface area contributed by atoms with Gasteiger partial charge >= 0.3 is 5.97 Å². The van der Waals surface area contributed by atoms with E-state index in [1.54, 1.807) is 6.07 Å². The van der Waals surface area contributed by atoms with Gasteiger partial charge in [-0.05, 0) is 17.7 Å². The van der Waals surface area contributed by atoms with Gasteiger partial charge in [-0.25, -0.2) is 0 Å². The summed E-state index contributed by atoms with van der Waals surface area (Å²) in [5.41, 5.74) is 6.27. The number of esters is 1. The highest BCUT2D eigenvalue weighted by atomic mass is 35.5. The lowest BCUT2D eigenvalue weighted by atomic mass is 9.78. The van der Waals surface area contributed by atoms with Crippen LogP contribution in [-0.4, -0.2) is 19.1 Å². The molecule has 0 heterocycles. The molecule has 1 unspecified atom stereocenters. The lowest BCUT2D eigenvalue weighted by Gasteiger charge is -2.30. The van der Waals surface area contributed by atoms with Gasteiger partial charge in [0.1, 0.15) is 6.04 Å². The van der Waals surface area contributed by atoms with Crippen LogP contribution in [0.15, 0.2) is 24.3 Å². The first kappa shape index (κ1) is 13.0. The minimum atomic E-state index is -0.712. The Morgan fingerprint density at radius 1 is 1.50 bits per heavy atom. The maximum absolute atomic E-state index is 11.4. The summed E-state index contributed by atoms with van der Waals surface area (Å²) in [5.74, 6) is -0.426. The zero-order valence-corrected chi connectivity index (χ0v) is 10.4. The Hall–Kier alpha value is -1.06. The van der Waals surface area contributed by atoms with Gasteiger partial charge in [0.25, 0.3) is 0 Å². The Bertz CT molecular complexity index is 390. The lowest BCUT2D eigenvalue weighted by molar-refractivity contribution is -0.143. The molecule has 4 heteroatoms. The van der Waals surface area contributed by atoms with E-state index in [9.17, 15) is 4.79 Å². The molecule has 0 spiro atoms. The van der Waals surface area contributed by atoms with Crippen LogP contribution in [0.2, 0.25) is 5.02 Å². The molecule has 0 saturated carbocycles. The van der Waals surface area contributed by atoms with Crippen molar-refractivity contribution in [2.75, 3.05) is 7.11 Å². The van der Waals surface area contributed by atoms with E-state index in [2.05, 4.69) is 4.74 Å². The smallest absolute Gasteiger partial charge is 0.323 e. The number of halogens is 1. The molecule has 0 fully saturated rings. The van der Waals surface area contributed by atoms with E-state index in [4.69, 9.17) is 17.3 Å². The summed E-state index contributed by atoms with van der Waals surface area (Å²) in [5, 5.41) is 0.627. The van der Waals surface area contributed by atoms with Gasteiger partial charge in [0.2, 0.25) is 0 Å². The monoisotopic (exact) mass is 241 g/mol. The number of carbonyl (C=O) groups is 1. The van der Waals surface area contributed by atoms with Gasteiger partial charge in [0.05, 0.1) is 7.11 Å². The Morgan fingerprint density at radius 3 is 2.62 bits per heavy atom. The first-order valence-electron chi connectivity index (χ1n) is 4.99. The second-order valence-electron chi connectivity index (χ2n) is 4.23. The van der Waals surface area contributed by atoms with E-state index in [1.807, 2.05) is 32.0 Å². The van der Waals surface area contributed by atoms with Crippen LogP contribution in [0.25, 0.3) is 0 Å². The molecule has 0 saturated heterocycles. The summed E-state index contributed by atoms with van der Waals surface area (Å²) in [6, 6.07) is 6.61. The highest BCUT2D eigenvalue weighted by molar-refractivity contribution is 6.30. The fraction of sp³-hybridized carbons (Fsp3) is 0.417. The molecule has 3 nitrogen and oxygen atoms in total. The van der Waals surface area contributed by atoms with E-state index in [-0.39, 0.29) is 0 Å². The van der Waals surface area contributed by atoms with Crippen LogP contribution < -0.4 is 5.73 Å². The number of hydrogen-bond donors (Lipinski definition) is 1. The van der Waals surface area contributed by atoms with Gasteiger partial charge in [-0.1, -0.05) is 37.6 Å². The van der Waals surface area contributed by atoms with Crippen molar-refractivity contribution in [2.45, 2.75) is 25.3 Å². The standard InChI is InChI=1S/C12H16ClNO2/c1-12(2,10(14)11(15)16-3)8-5-4-6-9(13)7-8/h4-7,10H,14H2,1-3H3. The van der Waals surface area contributed by atoms with Gasteiger partial charge < -0.3 is 10.5 Å². The van der Waals surface area contributed by atoms with Gasteiger partial charge in [0, 0.05) is 10.4 Å². The summed E-state index contributed by atoms with van der Waals surface area (Å²) in [6.07, 6.45) is 0. The molecule has 0 aliphatic heterocycles. The summed E-state index contributed by atoms with van der Waals surface area (Å²) in [6.45, 7) is 3.78. The van der Waals surface area contributed by atoms with E-state index >= 15 is 0 Å². The number of benzene rings is 1. The van der Waals surface area contributed by atoms with Gasteiger partial charge in [-0.15, -0.1) is 0 Å². The highest BCUT2D eigenvalue weighted by Crippen LogP contribution is 2.28. The SMILES string of the molecule is COC(=O)C(N)C(C)(C)c1cccc(Cl)c1. The molecule has 1 aromatic carbocycles. The van der Waals surface area contributed by atoms with Crippen molar-refractivity contribution in [3.63, 3.8) is 0 Å². The number of rotatable bonds is 3. The average molecular weight is 242 g/mol. The first-order valence-corrected chi connectivity index (χ1v) is 5.37. The summed E-state index contributed by atoms with van der Waals surface area (Å²) < 4.78 is 4.65. The van der Waals surface area contributed by atoms with E-state index in [0.29, 0.717) is 5.02 Å². The van der Waals surface area contributed by atoms with Crippen molar-refractivity contribution in [1.82, 2.24) is 0 Å². The van der Waals surface area contributed by atoms with Crippen LogP contribution in [0.3, 0.4) is 0 Å². The van der Waals surface area contributed by atoms with Crippen LogP contribution in [0.5, 0.6) is 0 Å². The number of hydrogen-bond acceptors (Lipinski definition) is 3. The second kappa shape index (κ2) is 4.85. The molecule has 1 rings (SSSR count). The summed E-state index contributed by atoms with van der Waals surface area (Å²) in [7, 11) is 1.33. The largest absolute Gasteiger partial charge is 0.468 e. The Labute approximate surface area is 101 Å². The molecule has 0 aliphatic rings. The first-order chi connectivity index (χ1) is 7.39. The van der Waals surface area contributed by atoms with Crippen molar-refractivity contribution in [3.8, 4) is 0 Å². The second-order valence-corrected chi connectivity index (χ2v) is 4.67. The molecule has 0 amide bonds. The Morgan fingerprint density at radius 2 is 2.12 bits per heavy atom. The highest BCUT2D eigenvalue weighted by Gasteiger charge is 2.34. The normalized spacial score (nSPS) is 13.3. The molecular weight excluding hydrogens is 226 g/mol. The molecule has 16 heavy (non-hydrogen) atoms. The summed E-state index contributed by atoms with van der Waals surface area (Å²) in [4.78, 5) is 11.4. The zero-order chi connectivity index (χ0) is 12.3. The fourth-order valence-corrected chi connectivity index (χ4v) is 1.68. The van der Waals surface area contributed by atoms with Crippen molar-refractivity contribution < 1.29 is 9.53 Å². The molecular formula is C12H16ClNO2. The Kier molecular flexibility index (Phi) is 3.94. The molecule has 1 aromatic rings. The quantitative estimate of drug-likeness (QED) is 0.825. The van der Waals surface area contributed by atoms with Gasteiger partial charge in [0.15, 0.2) is 0 Å². The molecule has 88 valence electrons. The van der Waals surface area contributed by atoms with Crippen molar-refractivity contribution >= 4 is 17.6 Å². The van der Waals surface area contributed by atoms with Crippen molar-refractivity contribution in [1.29, 1.82) is 0 Å². The number of methoxy groups -OCH3 is 1. The summed E-state index contributed by atoms with van der Waals surface area (Å²) >= 11 is 5.91. The molecule has 0 aromatic heterocycles. The maximum atomic E-state index is 11.4. The van der Waals surface area contributed by atoms with Gasteiger partial charge in [-0.2, -0.15) is 0 Å².